The molecule has 1 aromatic heterocycles. The number of hydrogen-bond donors (Lipinski definition) is 0. The Morgan fingerprint density at radius 1 is 1.50 bits per heavy atom. The number of aromatic nitrogens is 1. The molecule has 1 rings (SSSR count). The van der Waals surface area contributed by atoms with Crippen molar-refractivity contribution in [1.82, 2.24) is 4.98 Å². The van der Waals surface area contributed by atoms with Gasteiger partial charge in [0.25, 0.3) is 0 Å². The lowest BCUT2D eigenvalue weighted by atomic mass is 10.2. The molecular weight excluding hydrogens is 226 g/mol. The van der Waals surface area contributed by atoms with E-state index < -0.39 is 0 Å². The van der Waals surface area contributed by atoms with Crippen molar-refractivity contribution in [1.29, 1.82) is 0 Å². The second kappa shape index (κ2) is 5.85. The minimum Gasteiger partial charge on any atom is -0.459 e. The van der Waals surface area contributed by atoms with Gasteiger partial charge in [-0.1, -0.05) is 25.4 Å². The highest BCUT2D eigenvalue weighted by molar-refractivity contribution is 6.29. The first-order valence-corrected chi connectivity index (χ1v) is 5.82. The van der Waals surface area contributed by atoms with E-state index in [0.717, 1.165) is 18.5 Å². The highest BCUT2D eigenvalue weighted by atomic mass is 35.5. The molecule has 16 heavy (non-hydrogen) atoms. The lowest BCUT2D eigenvalue weighted by Gasteiger charge is -2.11. The van der Waals surface area contributed by atoms with E-state index in [9.17, 15) is 4.79 Å². The Morgan fingerprint density at radius 3 is 2.75 bits per heavy atom. The average molecular weight is 242 g/mol. The van der Waals surface area contributed by atoms with Gasteiger partial charge in [0.1, 0.15) is 5.15 Å². The molecule has 4 heteroatoms. The van der Waals surface area contributed by atoms with Crippen molar-refractivity contribution in [3.05, 3.63) is 28.5 Å². The van der Waals surface area contributed by atoms with Crippen molar-refractivity contribution in [3.63, 3.8) is 0 Å². The van der Waals surface area contributed by atoms with Crippen LogP contribution in [0.25, 0.3) is 0 Å². The Kier molecular flexibility index (Phi) is 4.74. The quantitative estimate of drug-likeness (QED) is 0.600. The molecule has 3 nitrogen and oxygen atoms in total. The lowest BCUT2D eigenvalue weighted by Crippen LogP contribution is -2.14. The van der Waals surface area contributed by atoms with Gasteiger partial charge in [-0.2, -0.15) is 0 Å². The van der Waals surface area contributed by atoms with Crippen LogP contribution in [0.2, 0.25) is 5.15 Å². The summed E-state index contributed by atoms with van der Waals surface area (Å²) in [4.78, 5) is 15.8. The second-order valence-electron chi connectivity index (χ2n) is 3.65. The van der Waals surface area contributed by atoms with Crippen molar-refractivity contribution in [2.24, 2.45) is 0 Å². The summed E-state index contributed by atoms with van der Waals surface area (Å²) in [5.74, 6) is -0.339. The Morgan fingerprint density at radius 2 is 2.19 bits per heavy atom. The van der Waals surface area contributed by atoms with Crippen molar-refractivity contribution in [3.8, 4) is 0 Å². The number of nitrogens with zero attached hydrogens (tertiary/aromatic N) is 1. The van der Waals surface area contributed by atoms with Gasteiger partial charge in [-0.3, -0.25) is 0 Å². The molecular formula is C12H16ClNO2. The average Bonchev–Trinajstić information content (AvgIpc) is 2.27. The molecule has 1 aromatic rings. The van der Waals surface area contributed by atoms with Crippen LogP contribution in [0.1, 0.15) is 43.2 Å². The first kappa shape index (κ1) is 13.0. The molecule has 0 radical (unpaired) electrons. The van der Waals surface area contributed by atoms with Gasteiger partial charge >= 0.3 is 5.97 Å². The maximum Gasteiger partial charge on any atom is 0.338 e. The highest BCUT2D eigenvalue weighted by Crippen LogP contribution is 2.13. The molecule has 0 bridgehead atoms. The third-order valence-corrected chi connectivity index (χ3v) is 2.52. The van der Waals surface area contributed by atoms with Crippen molar-refractivity contribution in [2.75, 3.05) is 0 Å². The van der Waals surface area contributed by atoms with Crippen LogP contribution in [-0.2, 0) is 11.2 Å². The molecule has 1 heterocycles. The number of esters is 1. The van der Waals surface area contributed by atoms with E-state index in [4.69, 9.17) is 16.3 Å². The first-order valence-electron chi connectivity index (χ1n) is 5.44. The molecule has 88 valence electrons. The largest absolute Gasteiger partial charge is 0.459 e. The summed E-state index contributed by atoms with van der Waals surface area (Å²) in [5, 5.41) is 0.329. The van der Waals surface area contributed by atoms with E-state index >= 15 is 0 Å². The molecule has 1 atom stereocenters. The minimum atomic E-state index is -0.339. The van der Waals surface area contributed by atoms with Gasteiger partial charge in [0.15, 0.2) is 0 Å². The van der Waals surface area contributed by atoms with E-state index in [2.05, 4.69) is 4.98 Å². The van der Waals surface area contributed by atoms with E-state index in [0.29, 0.717) is 10.7 Å². The number of hydrogen-bond acceptors (Lipinski definition) is 3. The monoisotopic (exact) mass is 241 g/mol. The molecule has 0 aromatic carbocycles. The first-order chi connectivity index (χ1) is 7.56. The van der Waals surface area contributed by atoms with Gasteiger partial charge < -0.3 is 4.74 Å². The number of carbonyl (C=O) groups is 1. The third kappa shape index (κ3) is 3.49. The summed E-state index contributed by atoms with van der Waals surface area (Å²) < 4.78 is 5.21. The molecule has 0 aliphatic heterocycles. The van der Waals surface area contributed by atoms with Crippen LogP contribution < -0.4 is 0 Å². The Labute approximate surface area is 101 Å². The number of halogens is 1. The number of carbonyl (C=O) groups excluding carboxylic acids is 1. The number of pyridine rings is 1. The fourth-order valence-electron chi connectivity index (χ4n) is 1.18. The van der Waals surface area contributed by atoms with Crippen LogP contribution in [0.4, 0.5) is 0 Å². The SMILES string of the molecule is CCc1cc(C(=O)OC(C)CC)cc(Cl)n1. The molecule has 0 aliphatic carbocycles. The second-order valence-corrected chi connectivity index (χ2v) is 4.03. The molecule has 0 fully saturated rings. The van der Waals surface area contributed by atoms with Crippen LogP contribution >= 0.6 is 11.6 Å². The normalized spacial score (nSPS) is 12.2. The summed E-state index contributed by atoms with van der Waals surface area (Å²) in [6, 6.07) is 3.25. The Balaban J connectivity index is 2.86. The summed E-state index contributed by atoms with van der Waals surface area (Å²) in [7, 11) is 0. The Bertz CT molecular complexity index is 379. The molecule has 0 N–H and O–H groups in total. The summed E-state index contributed by atoms with van der Waals surface area (Å²) >= 11 is 5.82. The van der Waals surface area contributed by atoms with E-state index in [-0.39, 0.29) is 12.1 Å². The van der Waals surface area contributed by atoms with Gasteiger partial charge in [-0.15, -0.1) is 0 Å². The molecule has 0 saturated carbocycles. The topological polar surface area (TPSA) is 39.2 Å². The summed E-state index contributed by atoms with van der Waals surface area (Å²) in [6.45, 7) is 5.79. The molecule has 1 unspecified atom stereocenters. The molecule has 0 aliphatic rings. The smallest absolute Gasteiger partial charge is 0.338 e. The van der Waals surface area contributed by atoms with Gasteiger partial charge in [0.05, 0.1) is 11.7 Å². The molecule has 0 amide bonds. The van der Waals surface area contributed by atoms with Crippen molar-refractivity contribution >= 4 is 17.6 Å². The van der Waals surface area contributed by atoms with Crippen molar-refractivity contribution < 1.29 is 9.53 Å². The van der Waals surface area contributed by atoms with Crippen LogP contribution in [0, 0.1) is 0 Å². The zero-order valence-electron chi connectivity index (χ0n) is 9.79. The fourth-order valence-corrected chi connectivity index (χ4v) is 1.41. The summed E-state index contributed by atoms with van der Waals surface area (Å²) in [5.41, 5.74) is 1.26. The standard InChI is InChI=1S/C12H16ClNO2/c1-4-8(3)16-12(15)9-6-10(5-2)14-11(13)7-9/h6-8H,4-5H2,1-3H3. The zero-order chi connectivity index (χ0) is 12.1. The van der Waals surface area contributed by atoms with Crippen LogP contribution in [0.5, 0.6) is 0 Å². The number of rotatable bonds is 4. The zero-order valence-corrected chi connectivity index (χ0v) is 10.5. The maximum absolute atomic E-state index is 11.7. The Hall–Kier alpha value is -1.09. The van der Waals surface area contributed by atoms with Gasteiger partial charge in [0, 0.05) is 5.69 Å². The molecule has 0 saturated heterocycles. The van der Waals surface area contributed by atoms with Crippen molar-refractivity contribution in [2.45, 2.75) is 39.7 Å². The van der Waals surface area contributed by atoms with E-state index in [1.165, 1.54) is 6.07 Å². The maximum atomic E-state index is 11.7. The van der Waals surface area contributed by atoms with Crippen LogP contribution in [-0.4, -0.2) is 17.1 Å². The predicted octanol–water partition coefficient (Wildman–Crippen LogP) is 3.25. The lowest BCUT2D eigenvalue weighted by molar-refractivity contribution is 0.0334. The predicted molar refractivity (Wildman–Crippen MR) is 63.8 cm³/mol. The third-order valence-electron chi connectivity index (χ3n) is 2.33. The molecule has 0 spiro atoms. The number of ether oxygens (including phenoxy) is 1. The van der Waals surface area contributed by atoms with Gasteiger partial charge in [-0.25, -0.2) is 9.78 Å². The highest BCUT2D eigenvalue weighted by Gasteiger charge is 2.12. The number of aryl methyl sites for hydroxylation is 1. The summed E-state index contributed by atoms with van der Waals surface area (Å²) in [6.07, 6.45) is 1.46. The fraction of sp³-hybridized carbons (Fsp3) is 0.500. The van der Waals surface area contributed by atoms with Crippen LogP contribution in [0.3, 0.4) is 0 Å². The van der Waals surface area contributed by atoms with Gasteiger partial charge in [0.2, 0.25) is 0 Å². The minimum absolute atomic E-state index is 0.0792. The van der Waals surface area contributed by atoms with Gasteiger partial charge in [-0.05, 0) is 31.9 Å². The van der Waals surface area contributed by atoms with E-state index in [1.807, 2.05) is 20.8 Å². The van der Waals surface area contributed by atoms with E-state index in [1.54, 1.807) is 6.07 Å². The van der Waals surface area contributed by atoms with Crippen LogP contribution in [0.15, 0.2) is 12.1 Å².